The molecule has 5 heteroatoms. The summed E-state index contributed by atoms with van der Waals surface area (Å²) < 4.78 is 6.54. The summed E-state index contributed by atoms with van der Waals surface area (Å²) in [4.78, 5) is 0. The first-order chi connectivity index (χ1) is 8.56. The number of hydrogen-bond acceptors (Lipinski definition) is 2. The van der Waals surface area contributed by atoms with Crippen LogP contribution in [0.25, 0.3) is 0 Å². The van der Waals surface area contributed by atoms with Crippen molar-refractivity contribution in [2.75, 3.05) is 5.73 Å². The summed E-state index contributed by atoms with van der Waals surface area (Å²) in [6.45, 7) is 0.390. The highest BCUT2D eigenvalue weighted by Crippen LogP contribution is 2.29. The van der Waals surface area contributed by atoms with E-state index in [0.717, 1.165) is 10.0 Å². The van der Waals surface area contributed by atoms with Crippen LogP contribution in [0.4, 0.5) is 5.69 Å². The van der Waals surface area contributed by atoms with Crippen molar-refractivity contribution in [1.29, 1.82) is 0 Å². The monoisotopic (exact) mass is 345 g/mol. The Morgan fingerprint density at radius 3 is 2.61 bits per heavy atom. The number of rotatable bonds is 3. The van der Waals surface area contributed by atoms with Gasteiger partial charge < -0.3 is 10.5 Å². The van der Waals surface area contributed by atoms with Crippen molar-refractivity contribution >= 4 is 44.8 Å². The standard InChI is InChI=1S/C13H10BrCl2NO/c14-11-6-10(17)3-1-8(11)7-18-13-5-9(15)2-4-12(13)16/h1-6H,7,17H2. The van der Waals surface area contributed by atoms with E-state index in [4.69, 9.17) is 33.7 Å². The lowest BCUT2D eigenvalue weighted by molar-refractivity contribution is 0.305. The maximum Gasteiger partial charge on any atom is 0.139 e. The van der Waals surface area contributed by atoms with Crippen LogP contribution in [-0.4, -0.2) is 0 Å². The Labute approximate surface area is 124 Å². The predicted octanol–water partition coefficient (Wildman–Crippen LogP) is 4.92. The molecule has 0 heterocycles. The van der Waals surface area contributed by atoms with Crippen LogP contribution in [0, 0.1) is 0 Å². The first kappa shape index (κ1) is 13.5. The second kappa shape index (κ2) is 5.83. The van der Waals surface area contributed by atoms with E-state index in [0.29, 0.717) is 28.1 Å². The van der Waals surface area contributed by atoms with Gasteiger partial charge in [-0.1, -0.05) is 45.2 Å². The fraction of sp³-hybridized carbons (Fsp3) is 0.0769. The first-order valence-corrected chi connectivity index (χ1v) is 6.73. The minimum absolute atomic E-state index is 0.390. The number of benzene rings is 2. The molecule has 0 atom stereocenters. The molecule has 0 saturated carbocycles. The van der Waals surface area contributed by atoms with Gasteiger partial charge in [-0.2, -0.15) is 0 Å². The molecule has 2 rings (SSSR count). The van der Waals surface area contributed by atoms with E-state index < -0.39 is 0 Å². The molecular weight excluding hydrogens is 337 g/mol. The second-order valence-electron chi connectivity index (χ2n) is 3.71. The summed E-state index contributed by atoms with van der Waals surface area (Å²) in [6, 6.07) is 10.7. The summed E-state index contributed by atoms with van der Waals surface area (Å²) in [5.74, 6) is 0.563. The van der Waals surface area contributed by atoms with Crippen molar-refractivity contribution in [3.05, 3.63) is 56.5 Å². The second-order valence-corrected chi connectivity index (χ2v) is 5.41. The zero-order chi connectivity index (χ0) is 13.1. The van der Waals surface area contributed by atoms with Gasteiger partial charge in [0.1, 0.15) is 12.4 Å². The third kappa shape index (κ3) is 3.31. The van der Waals surface area contributed by atoms with Crippen LogP contribution in [-0.2, 0) is 6.61 Å². The Kier molecular flexibility index (Phi) is 4.38. The lowest BCUT2D eigenvalue weighted by atomic mass is 10.2. The Morgan fingerprint density at radius 1 is 1.11 bits per heavy atom. The van der Waals surface area contributed by atoms with Gasteiger partial charge in [0.2, 0.25) is 0 Å². The maximum absolute atomic E-state index is 6.01. The predicted molar refractivity (Wildman–Crippen MR) is 79.3 cm³/mol. The van der Waals surface area contributed by atoms with Gasteiger partial charge in [-0.15, -0.1) is 0 Å². The number of ether oxygens (including phenoxy) is 1. The van der Waals surface area contributed by atoms with Gasteiger partial charge in [-0.25, -0.2) is 0 Å². The van der Waals surface area contributed by atoms with Gasteiger partial charge in [0.25, 0.3) is 0 Å². The van der Waals surface area contributed by atoms with Gasteiger partial charge in [0, 0.05) is 26.8 Å². The molecule has 0 aliphatic rings. The van der Waals surface area contributed by atoms with E-state index in [-0.39, 0.29) is 0 Å². The largest absolute Gasteiger partial charge is 0.487 e. The average Bonchev–Trinajstić information content (AvgIpc) is 2.32. The number of hydrogen-bond donors (Lipinski definition) is 1. The molecule has 18 heavy (non-hydrogen) atoms. The van der Waals surface area contributed by atoms with Crippen LogP contribution < -0.4 is 10.5 Å². The molecule has 0 bridgehead atoms. The normalized spacial score (nSPS) is 10.4. The average molecular weight is 347 g/mol. The topological polar surface area (TPSA) is 35.2 Å². The van der Waals surface area contributed by atoms with Gasteiger partial charge in [-0.3, -0.25) is 0 Å². The van der Waals surface area contributed by atoms with Crippen molar-refractivity contribution in [3.63, 3.8) is 0 Å². The highest BCUT2D eigenvalue weighted by molar-refractivity contribution is 9.10. The van der Waals surface area contributed by atoms with Gasteiger partial charge >= 0.3 is 0 Å². The van der Waals surface area contributed by atoms with E-state index in [1.807, 2.05) is 18.2 Å². The minimum Gasteiger partial charge on any atom is -0.487 e. The van der Waals surface area contributed by atoms with Crippen LogP contribution >= 0.6 is 39.1 Å². The van der Waals surface area contributed by atoms with Gasteiger partial charge in [0.05, 0.1) is 5.02 Å². The number of nitrogen functional groups attached to an aromatic ring is 1. The quantitative estimate of drug-likeness (QED) is 0.801. The highest BCUT2D eigenvalue weighted by Gasteiger charge is 2.05. The summed E-state index contributed by atoms with van der Waals surface area (Å²) in [5, 5.41) is 1.12. The van der Waals surface area contributed by atoms with E-state index in [1.54, 1.807) is 18.2 Å². The van der Waals surface area contributed by atoms with Crippen LogP contribution in [0.3, 0.4) is 0 Å². The molecule has 0 aromatic heterocycles. The molecule has 0 unspecified atom stereocenters. The van der Waals surface area contributed by atoms with Crippen molar-refractivity contribution in [1.82, 2.24) is 0 Å². The molecule has 0 radical (unpaired) electrons. The number of halogens is 3. The molecular formula is C13H10BrCl2NO. The Hall–Kier alpha value is -0.900. The van der Waals surface area contributed by atoms with E-state index in [1.165, 1.54) is 0 Å². The maximum atomic E-state index is 6.01. The van der Waals surface area contributed by atoms with Crippen LogP contribution in [0.5, 0.6) is 5.75 Å². The fourth-order valence-corrected chi connectivity index (χ4v) is 2.27. The van der Waals surface area contributed by atoms with Crippen molar-refractivity contribution in [3.8, 4) is 5.75 Å². The molecule has 2 N–H and O–H groups in total. The van der Waals surface area contributed by atoms with Gasteiger partial charge in [0.15, 0.2) is 0 Å². The molecule has 0 aliphatic heterocycles. The first-order valence-electron chi connectivity index (χ1n) is 5.18. The third-order valence-corrected chi connectivity index (χ3v) is 3.64. The van der Waals surface area contributed by atoms with E-state index in [2.05, 4.69) is 15.9 Å². The van der Waals surface area contributed by atoms with Crippen LogP contribution in [0.15, 0.2) is 40.9 Å². The molecule has 0 saturated heterocycles. The molecule has 2 aromatic rings. The summed E-state index contributed by atoms with van der Waals surface area (Å²) >= 11 is 15.3. The molecule has 94 valence electrons. The molecule has 0 aliphatic carbocycles. The van der Waals surface area contributed by atoms with Crippen LogP contribution in [0.1, 0.15) is 5.56 Å². The molecule has 2 aromatic carbocycles. The van der Waals surface area contributed by atoms with Crippen molar-refractivity contribution < 1.29 is 4.74 Å². The minimum atomic E-state index is 0.390. The molecule has 0 spiro atoms. The lowest BCUT2D eigenvalue weighted by Crippen LogP contribution is -1.98. The van der Waals surface area contributed by atoms with E-state index in [9.17, 15) is 0 Å². The van der Waals surface area contributed by atoms with E-state index >= 15 is 0 Å². The summed E-state index contributed by atoms with van der Waals surface area (Å²) in [5.41, 5.74) is 7.36. The Morgan fingerprint density at radius 2 is 1.89 bits per heavy atom. The van der Waals surface area contributed by atoms with Crippen molar-refractivity contribution in [2.24, 2.45) is 0 Å². The smallest absolute Gasteiger partial charge is 0.139 e. The number of anilines is 1. The third-order valence-electron chi connectivity index (χ3n) is 2.35. The Balaban J connectivity index is 2.13. The zero-order valence-electron chi connectivity index (χ0n) is 9.29. The zero-order valence-corrected chi connectivity index (χ0v) is 12.4. The SMILES string of the molecule is Nc1ccc(COc2cc(Cl)ccc2Cl)c(Br)c1. The summed E-state index contributed by atoms with van der Waals surface area (Å²) in [7, 11) is 0. The fourth-order valence-electron chi connectivity index (χ4n) is 1.42. The Bertz CT molecular complexity index is 575. The molecule has 0 amide bonds. The lowest BCUT2D eigenvalue weighted by Gasteiger charge is -2.10. The summed E-state index contributed by atoms with van der Waals surface area (Å²) in [6.07, 6.45) is 0. The number of nitrogens with two attached hydrogens (primary N) is 1. The van der Waals surface area contributed by atoms with Gasteiger partial charge in [-0.05, 0) is 24.3 Å². The van der Waals surface area contributed by atoms with Crippen LogP contribution in [0.2, 0.25) is 10.0 Å². The highest BCUT2D eigenvalue weighted by atomic mass is 79.9. The molecule has 0 fully saturated rings. The molecule has 2 nitrogen and oxygen atoms in total. The van der Waals surface area contributed by atoms with Crippen molar-refractivity contribution in [2.45, 2.75) is 6.61 Å².